The third-order valence-electron chi connectivity index (χ3n) is 7.52. The molecule has 1 aromatic heterocycles. The highest BCUT2D eigenvalue weighted by atomic mass is 16.5. The fourth-order valence-electron chi connectivity index (χ4n) is 5.35. The Morgan fingerprint density at radius 3 is 2.59 bits per heavy atom. The van der Waals surface area contributed by atoms with E-state index in [1.54, 1.807) is 14.0 Å². The number of phenols is 2. The average Bonchev–Trinajstić information content (AvgIpc) is 3.39. The topological polar surface area (TPSA) is 140 Å². The maximum atomic E-state index is 14.0. The number of ether oxygens (including phenoxy) is 2. The summed E-state index contributed by atoms with van der Waals surface area (Å²) < 4.78 is 13.1. The summed E-state index contributed by atoms with van der Waals surface area (Å²) in [6.45, 7) is 7.16. The Balaban J connectivity index is 1.55. The molecule has 3 aromatic rings. The highest BCUT2D eigenvalue weighted by molar-refractivity contribution is 6.31. The fraction of sp³-hybridized carbons (Fsp3) is 0.310. The molecule has 0 amide bonds. The van der Waals surface area contributed by atoms with E-state index in [4.69, 9.17) is 14.5 Å². The maximum Gasteiger partial charge on any atom is 0.194 e. The summed E-state index contributed by atoms with van der Waals surface area (Å²) in [6.07, 6.45) is 1.20. The monoisotopic (exact) mass is 531 g/mol. The van der Waals surface area contributed by atoms with Crippen molar-refractivity contribution in [3.63, 3.8) is 0 Å². The minimum atomic E-state index is -1.57. The van der Waals surface area contributed by atoms with E-state index in [0.717, 1.165) is 11.0 Å². The first-order valence-electron chi connectivity index (χ1n) is 12.5. The predicted octanol–water partition coefficient (Wildman–Crippen LogP) is 3.35. The largest absolute Gasteiger partial charge is 0.507 e. The van der Waals surface area contributed by atoms with Crippen LogP contribution in [0.1, 0.15) is 48.1 Å². The summed E-state index contributed by atoms with van der Waals surface area (Å²) in [7, 11) is 1.62. The van der Waals surface area contributed by atoms with E-state index >= 15 is 0 Å². The number of aromatic nitrogens is 2. The molecule has 10 nitrogen and oxygen atoms in total. The second-order valence-corrected chi connectivity index (χ2v) is 9.90. The minimum Gasteiger partial charge on any atom is -0.507 e. The van der Waals surface area contributed by atoms with Gasteiger partial charge in [0.2, 0.25) is 0 Å². The Hall–Kier alpha value is -4.44. The molecular formula is C29H29N3O7. The number of Topliss-reactive ketones (excluding diaryl/α,β-unsaturated/α-hetero) is 2. The number of carbonyl (C=O) groups excluding carboxylic acids is 3. The smallest absolute Gasteiger partial charge is 0.194 e. The minimum absolute atomic E-state index is 0.00629. The quantitative estimate of drug-likeness (QED) is 0.238. The average molecular weight is 532 g/mol. The third kappa shape index (κ3) is 3.82. The summed E-state index contributed by atoms with van der Waals surface area (Å²) in [5.74, 6) is -1.86. The second-order valence-electron chi connectivity index (χ2n) is 9.90. The first kappa shape index (κ1) is 26.2. The lowest BCUT2D eigenvalue weighted by Crippen LogP contribution is -2.41. The van der Waals surface area contributed by atoms with E-state index in [1.165, 1.54) is 26.8 Å². The summed E-state index contributed by atoms with van der Waals surface area (Å²) >= 11 is 0. The lowest BCUT2D eigenvalue weighted by Gasteiger charge is -2.29. The first-order valence-corrected chi connectivity index (χ1v) is 12.5. The standard InChI is InChI=1S/C29H29N3O7/c1-14-25(35)23(16(3)33)27-24(26(14)36)29(4)20(39-27)12-19(34)22(28(29)37)15(2)30-13-21-31-17-8-6-7-9-18(17)32(21)10-11-38-5/h6-9,12,30,35-36H,10-11,13H2,1-5H3. The van der Waals surface area contributed by atoms with Crippen LogP contribution >= 0.6 is 0 Å². The number of benzene rings is 2. The number of ketones is 3. The van der Waals surface area contributed by atoms with Crippen LogP contribution in [-0.2, 0) is 32.8 Å². The molecule has 2 aliphatic rings. The number of nitrogens with zero attached hydrogens (tertiary/aromatic N) is 2. The lowest BCUT2D eigenvalue weighted by atomic mass is 9.70. The predicted molar refractivity (Wildman–Crippen MR) is 142 cm³/mol. The lowest BCUT2D eigenvalue weighted by molar-refractivity contribution is -0.123. The number of fused-ring (bicyclic) bond motifs is 4. The van der Waals surface area contributed by atoms with E-state index in [9.17, 15) is 24.6 Å². The van der Waals surface area contributed by atoms with Gasteiger partial charge in [0.1, 0.15) is 39.8 Å². The van der Waals surface area contributed by atoms with Crippen LogP contribution in [0, 0.1) is 6.92 Å². The Morgan fingerprint density at radius 2 is 1.90 bits per heavy atom. The van der Waals surface area contributed by atoms with Gasteiger partial charge < -0.3 is 29.6 Å². The second kappa shape index (κ2) is 9.39. The molecule has 1 atom stereocenters. The van der Waals surface area contributed by atoms with Crippen molar-refractivity contribution in [1.82, 2.24) is 14.9 Å². The van der Waals surface area contributed by atoms with Crippen molar-refractivity contribution in [2.24, 2.45) is 0 Å². The van der Waals surface area contributed by atoms with E-state index in [1.807, 2.05) is 28.8 Å². The zero-order valence-electron chi connectivity index (χ0n) is 22.3. The number of rotatable bonds is 7. The van der Waals surface area contributed by atoms with Crippen molar-refractivity contribution in [3.05, 3.63) is 69.9 Å². The van der Waals surface area contributed by atoms with Crippen molar-refractivity contribution in [2.45, 2.75) is 46.2 Å². The number of imidazole rings is 1. The Morgan fingerprint density at radius 1 is 1.18 bits per heavy atom. The highest BCUT2D eigenvalue weighted by Gasteiger charge is 2.56. The summed E-state index contributed by atoms with van der Waals surface area (Å²) in [5, 5.41) is 24.7. The van der Waals surface area contributed by atoms with Gasteiger partial charge in [0.05, 0.1) is 35.3 Å². The van der Waals surface area contributed by atoms with E-state index in [2.05, 4.69) is 5.32 Å². The van der Waals surface area contributed by atoms with Gasteiger partial charge in [-0.25, -0.2) is 4.98 Å². The molecule has 0 bridgehead atoms. The van der Waals surface area contributed by atoms with Gasteiger partial charge in [0.15, 0.2) is 17.3 Å². The van der Waals surface area contributed by atoms with E-state index in [-0.39, 0.29) is 46.1 Å². The molecule has 2 aromatic carbocycles. The van der Waals surface area contributed by atoms with Crippen molar-refractivity contribution >= 4 is 28.4 Å². The molecule has 0 radical (unpaired) electrons. The normalized spacial score (nSPS) is 19.5. The van der Waals surface area contributed by atoms with Crippen LogP contribution in [0.25, 0.3) is 11.0 Å². The molecule has 0 fully saturated rings. The molecule has 5 rings (SSSR count). The van der Waals surface area contributed by atoms with E-state index in [0.29, 0.717) is 24.7 Å². The molecule has 1 aliphatic carbocycles. The molecule has 0 saturated carbocycles. The maximum absolute atomic E-state index is 14.0. The van der Waals surface area contributed by atoms with Crippen LogP contribution in [0.3, 0.4) is 0 Å². The van der Waals surface area contributed by atoms with Gasteiger partial charge in [-0.3, -0.25) is 14.4 Å². The Labute approximate surface area is 224 Å². The molecule has 0 spiro atoms. The van der Waals surface area contributed by atoms with Crippen molar-refractivity contribution in [3.8, 4) is 17.2 Å². The SMILES string of the molecule is COCCn1c(CNC(C)=C2C(=O)C=C3Oc4c(C(C)=O)c(O)c(C)c(O)c4C3(C)C2=O)nc2ccccc21. The van der Waals surface area contributed by atoms with E-state index < -0.39 is 28.5 Å². The van der Waals surface area contributed by atoms with Gasteiger partial charge in [-0.1, -0.05) is 12.1 Å². The van der Waals surface area contributed by atoms with Gasteiger partial charge in [0.25, 0.3) is 0 Å². The number of methoxy groups -OCH3 is 1. The van der Waals surface area contributed by atoms with Crippen LogP contribution < -0.4 is 10.1 Å². The zero-order chi connectivity index (χ0) is 28.2. The van der Waals surface area contributed by atoms with Crippen LogP contribution in [0.2, 0.25) is 0 Å². The molecule has 2 heterocycles. The van der Waals surface area contributed by atoms with Crippen LogP contribution in [-0.4, -0.2) is 50.8 Å². The van der Waals surface area contributed by atoms with Gasteiger partial charge >= 0.3 is 0 Å². The van der Waals surface area contributed by atoms with Crippen molar-refractivity contribution < 1.29 is 34.1 Å². The summed E-state index contributed by atoms with van der Waals surface area (Å²) in [4.78, 5) is 44.3. The van der Waals surface area contributed by atoms with Crippen molar-refractivity contribution in [1.29, 1.82) is 0 Å². The highest BCUT2D eigenvalue weighted by Crippen LogP contribution is 2.57. The number of nitrogens with one attached hydrogen (secondary N) is 1. The number of phenolic OH excluding ortho intramolecular Hbond substituents is 2. The third-order valence-corrected chi connectivity index (χ3v) is 7.52. The van der Waals surface area contributed by atoms with Crippen LogP contribution in [0.15, 0.2) is 47.4 Å². The van der Waals surface area contributed by atoms with Gasteiger partial charge in [-0.15, -0.1) is 0 Å². The molecule has 39 heavy (non-hydrogen) atoms. The number of allylic oxidation sites excluding steroid dienone is 4. The van der Waals surface area contributed by atoms with Crippen molar-refractivity contribution in [2.75, 3.05) is 13.7 Å². The number of aromatic hydroxyl groups is 2. The number of para-hydroxylation sites is 2. The molecule has 0 saturated heterocycles. The van der Waals surface area contributed by atoms with Gasteiger partial charge in [-0.05, 0) is 39.8 Å². The number of hydrogen-bond acceptors (Lipinski definition) is 9. The first-order chi connectivity index (χ1) is 18.5. The molecular weight excluding hydrogens is 502 g/mol. The van der Waals surface area contributed by atoms with Crippen LogP contribution in [0.5, 0.6) is 17.2 Å². The van der Waals surface area contributed by atoms with Gasteiger partial charge in [0, 0.05) is 31.0 Å². The molecule has 3 N–H and O–H groups in total. The zero-order valence-corrected chi connectivity index (χ0v) is 22.3. The molecule has 1 aliphatic heterocycles. The molecule has 10 heteroatoms. The molecule has 1 unspecified atom stereocenters. The summed E-state index contributed by atoms with van der Waals surface area (Å²) in [5.41, 5.74) is 0.386. The number of carbonyl (C=O) groups is 3. The van der Waals surface area contributed by atoms with Crippen LogP contribution in [0.4, 0.5) is 0 Å². The Kier molecular flexibility index (Phi) is 6.30. The molecule has 202 valence electrons. The fourth-order valence-corrected chi connectivity index (χ4v) is 5.35. The Bertz CT molecular complexity index is 1650. The summed E-state index contributed by atoms with van der Waals surface area (Å²) in [6, 6.07) is 7.71. The number of hydrogen-bond donors (Lipinski definition) is 3. The van der Waals surface area contributed by atoms with Gasteiger partial charge in [-0.2, -0.15) is 0 Å².